The fourth-order valence-corrected chi connectivity index (χ4v) is 2.23. The highest BCUT2D eigenvalue weighted by molar-refractivity contribution is 5.93. The largest absolute Gasteiger partial charge is 0.478 e. The van der Waals surface area contributed by atoms with Crippen molar-refractivity contribution in [3.05, 3.63) is 29.8 Å². The number of nitrogens with zero attached hydrogens (tertiary/aromatic N) is 1. The summed E-state index contributed by atoms with van der Waals surface area (Å²) in [5.41, 5.74) is 0.679. The van der Waals surface area contributed by atoms with Crippen LogP contribution in [0.3, 0.4) is 0 Å². The van der Waals surface area contributed by atoms with E-state index in [9.17, 15) is 9.59 Å². The van der Waals surface area contributed by atoms with Crippen molar-refractivity contribution < 1.29 is 14.7 Å². The minimum absolute atomic E-state index is 0.168. The van der Waals surface area contributed by atoms with Gasteiger partial charge in [-0.05, 0) is 30.0 Å². The second-order valence-corrected chi connectivity index (χ2v) is 5.18. The van der Waals surface area contributed by atoms with Crippen LogP contribution >= 0.6 is 0 Å². The smallest absolute Gasteiger partial charge is 0.335 e. The first-order valence-electron chi connectivity index (χ1n) is 6.36. The standard InChI is InChI=1S/C14H18N2O3/c1-9-7-16(8-10(9)2)14(19)15-12-5-3-4-11(6-12)13(17)18/h3-6,9-10H,7-8H2,1-2H3,(H,15,19)(H,17,18). The number of hydrogen-bond donors (Lipinski definition) is 2. The molecule has 2 amide bonds. The first-order chi connectivity index (χ1) is 8.97. The minimum Gasteiger partial charge on any atom is -0.478 e. The average molecular weight is 262 g/mol. The van der Waals surface area contributed by atoms with Crippen molar-refractivity contribution in [2.24, 2.45) is 11.8 Å². The summed E-state index contributed by atoms with van der Waals surface area (Å²) in [6, 6.07) is 6.10. The molecule has 0 spiro atoms. The molecule has 2 atom stereocenters. The van der Waals surface area contributed by atoms with Gasteiger partial charge in [-0.15, -0.1) is 0 Å². The van der Waals surface area contributed by atoms with Gasteiger partial charge < -0.3 is 15.3 Å². The molecular weight excluding hydrogens is 244 g/mol. The van der Waals surface area contributed by atoms with Crippen LogP contribution in [0.4, 0.5) is 10.5 Å². The SMILES string of the molecule is CC1CN(C(=O)Nc2cccc(C(=O)O)c2)CC1C. The first-order valence-corrected chi connectivity index (χ1v) is 6.36. The molecule has 1 aromatic carbocycles. The van der Waals surface area contributed by atoms with Gasteiger partial charge >= 0.3 is 12.0 Å². The number of carbonyl (C=O) groups is 2. The summed E-state index contributed by atoms with van der Waals surface area (Å²) in [6.45, 7) is 5.74. The van der Waals surface area contributed by atoms with Gasteiger partial charge in [-0.1, -0.05) is 19.9 Å². The van der Waals surface area contributed by atoms with Gasteiger partial charge in [-0.2, -0.15) is 0 Å². The molecule has 2 N–H and O–H groups in total. The van der Waals surface area contributed by atoms with E-state index < -0.39 is 5.97 Å². The number of carboxylic acid groups (broad SMARTS) is 1. The van der Waals surface area contributed by atoms with E-state index in [0.29, 0.717) is 17.5 Å². The predicted octanol–water partition coefficient (Wildman–Crippen LogP) is 2.50. The Balaban J connectivity index is 2.03. The molecule has 1 aliphatic heterocycles. The summed E-state index contributed by atoms with van der Waals surface area (Å²) in [4.78, 5) is 24.7. The molecular formula is C14H18N2O3. The van der Waals surface area contributed by atoms with Crippen LogP contribution in [0.2, 0.25) is 0 Å². The third-order valence-corrected chi connectivity index (χ3v) is 3.64. The number of rotatable bonds is 2. The van der Waals surface area contributed by atoms with E-state index in [2.05, 4.69) is 19.2 Å². The van der Waals surface area contributed by atoms with Crippen molar-refractivity contribution in [1.82, 2.24) is 4.90 Å². The Hall–Kier alpha value is -2.04. The quantitative estimate of drug-likeness (QED) is 0.860. The number of benzene rings is 1. The Morgan fingerprint density at radius 3 is 2.47 bits per heavy atom. The molecule has 2 rings (SSSR count). The number of carbonyl (C=O) groups excluding carboxylic acids is 1. The van der Waals surface area contributed by atoms with Gasteiger partial charge in [0.2, 0.25) is 0 Å². The van der Waals surface area contributed by atoms with E-state index in [1.54, 1.807) is 17.0 Å². The molecule has 1 saturated heterocycles. The molecule has 1 aliphatic rings. The maximum atomic E-state index is 12.1. The lowest BCUT2D eigenvalue weighted by atomic mass is 10.0. The first kappa shape index (κ1) is 13.4. The van der Waals surface area contributed by atoms with Crippen LogP contribution in [0.25, 0.3) is 0 Å². The summed E-state index contributed by atoms with van der Waals surface area (Å²) in [6.07, 6.45) is 0. The Kier molecular flexibility index (Phi) is 3.74. The molecule has 0 radical (unpaired) electrons. The van der Waals surface area contributed by atoms with Crippen molar-refractivity contribution in [3.8, 4) is 0 Å². The Morgan fingerprint density at radius 1 is 1.26 bits per heavy atom. The Labute approximate surface area is 112 Å². The number of nitrogens with one attached hydrogen (secondary N) is 1. The Bertz CT molecular complexity index is 491. The Morgan fingerprint density at radius 2 is 1.89 bits per heavy atom. The van der Waals surface area contributed by atoms with Gasteiger partial charge in [0.1, 0.15) is 0 Å². The normalized spacial score (nSPS) is 22.3. The number of likely N-dealkylation sites (tertiary alicyclic amines) is 1. The fraction of sp³-hybridized carbons (Fsp3) is 0.429. The third kappa shape index (κ3) is 3.05. The maximum absolute atomic E-state index is 12.1. The predicted molar refractivity (Wildman–Crippen MR) is 72.3 cm³/mol. The molecule has 0 saturated carbocycles. The van der Waals surface area contributed by atoms with Crippen LogP contribution in [-0.4, -0.2) is 35.1 Å². The van der Waals surface area contributed by atoms with Crippen molar-refractivity contribution in [1.29, 1.82) is 0 Å². The highest BCUT2D eigenvalue weighted by atomic mass is 16.4. The number of carboxylic acids is 1. The molecule has 1 fully saturated rings. The van der Waals surface area contributed by atoms with Gasteiger partial charge in [0.05, 0.1) is 5.56 Å². The number of anilines is 1. The van der Waals surface area contributed by atoms with Crippen LogP contribution in [0.1, 0.15) is 24.2 Å². The molecule has 1 heterocycles. The number of hydrogen-bond acceptors (Lipinski definition) is 2. The zero-order valence-electron chi connectivity index (χ0n) is 11.1. The minimum atomic E-state index is -1.00. The van der Waals surface area contributed by atoms with Crippen LogP contribution < -0.4 is 5.32 Å². The molecule has 1 aromatic rings. The van der Waals surface area contributed by atoms with Gasteiger partial charge in [0, 0.05) is 18.8 Å². The second kappa shape index (κ2) is 5.30. The second-order valence-electron chi connectivity index (χ2n) is 5.18. The van der Waals surface area contributed by atoms with Crippen LogP contribution in [0, 0.1) is 11.8 Å². The fourth-order valence-electron chi connectivity index (χ4n) is 2.23. The zero-order chi connectivity index (χ0) is 14.0. The molecule has 0 bridgehead atoms. The zero-order valence-corrected chi connectivity index (χ0v) is 11.1. The molecule has 0 aromatic heterocycles. The van der Waals surface area contributed by atoms with Crippen LogP contribution in [-0.2, 0) is 0 Å². The number of aromatic carboxylic acids is 1. The lowest BCUT2D eigenvalue weighted by Crippen LogP contribution is -2.33. The van der Waals surface area contributed by atoms with Gasteiger partial charge in [0.25, 0.3) is 0 Å². The molecule has 2 unspecified atom stereocenters. The highest BCUT2D eigenvalue weighted by Gasteiger charge is 2.29. The van der Waals surface area contributed by atoms with Crippen molar-refractivity contribution >= 4 is 17.7 Å². The molecule has 102 valence electrons. The van der Waals surface area contributed by atoms with Crippen molar-refractivity contribution in [2.75, 3.05) is 18.4 Å². The summed E-state index contributed by atoms with van der Waals surface area (Å²) in [5.74, 6) is -0.00766. The van der Waals surface area contributed by atoms with E-state index in [-0.39, 0.29) is 11.6 Å². The number of amides is 2. The van der Waals surface area contributed by atoms with Gasteiger partial charge in [-0.3, -0.25) is 0 Å². The average Bonchev–Trinajstić information content (AvgIpc) is 2.70. The third-order valence-electron chi connectivity index (χ3n) is 3.64. The van der Waals surface area contributed by atoms with E-state index in [0.717, 1.165) is 13.1 Å². The summed E-state index contributed by atoms with van der Waals surface area (Å²) >= 11 is 0. The molecule has 19 heavy (non-hydrogen) atoms. The molecule has 5 heteroatoms. The summed E-state index contributed by atoms with van der Waals surface area (Å²) in [5, 5.41) is 11.6. The van der Waals surface area contributed by atoms with E-state index >= 15 is 0 Å². The molecule has 0 aliphatic carbocycles. The monoisotopic (exact) mass is 262 g/mol. The van der Waals surface area contributed by atoms with Gasteiger partial charge in [-0.25, -0.2) is 9.59 Å². The maximum Gasteiger partial charge on any atom is 0.335 e. The van der Waals surface area contributed by atoms with Crippen molar-refractivity contribution in [3.63, 3.8) is 0 Å². The number of urea groups is 1. The van der Waals surface area contributed by atoms with Gasteiger partial charge in [0.15, 0.2) is 0 Å². The highest BCUT2D eigenvalue weighted by Crippen LogP contribution is 2.23. The summed E-state index contributed by atoms with van der Waals surface area (Å²) < 4.78 is 0. The van der Waals surface area contributed by atoms with Crippen molar-refractivity contribution in [2.45, 2.75) is 13.8 Å². The van der Waals surface area contributed by atoms with E-state index in [1.165, 1.54) is 12.1 Å². The lowest BCUT2D eigenvalue weighted by Gasteiger charge is -2.17. The van der Waals surface area contributed by atoms with E-state index in [4.69, 9.17) is 5.11 Å². The topological polar surface area (TPSA) is 69.6 Å². The van der Waals surface area contributed by atoms with Crippen LogP contribution in [0.15, 0.2) is 24.3 Å². The molecule has 5 nitrogen and oxygen atoms in total. The van der Waals surface area contributed by atoms with Crippen LogP contribution in [0.5, 0.6) is 0 Å². The van der Waals surface area contributed by atoms with E-state index in [1.807, 2.05) is 0 Å². The summed E-state index contributed by atoms with van der Waals surface area (Å²) in [7, 11) is 0. The lowest BCUT2D eigenvalue weighted by molar-refractivity contribution is 0.0697.